The third-order valence-corrected chi connectivity index (χ3v) is 3.46. The number of nitrogens with zero attached hydrogens (tertiary/aromatic N) is 2. The summed E-state index contributed by atoms with van der Waals surface area (Å²) in [5.74, 6) is 1.75. The third-order valence-electron chi connectivity index (χ3n) is 3.46. The molecule has 18 heavy (non-hydrogen) atoms. The molecule has 1 aromatic heterocycles. The number of aromatic nitrogens is 2. The number of benzene rings is 1. The molecule has 0 saturated heterocycles. The summed E-state index contributed by atoms with van der Waals surface area (Å²) in [5, 5.41) is 0. The lowest BCUT2D eigenvalue weighted by Crippen LogP contribution is -2.09. The SMILES string of the molecule is C=C(C)Cn1c(C(CC)CC)nc2ccccc21. The molecular formula is C16H22N2. The van der Waals surface area contributed by atoms with E-state index in [1.807, 2.05) is 0 Å². The summed E-state index contributed by atoms with van der Waals surface area (Å²) in [5.41, 5.74) is 3.49. The molecule has 0 saturated carbocycles. The molecule has 0 N–H and O–H groups in total. The Hall–Kier alpha value is -1.57. The van der Waals surface area contributed by atoms with Gasteiger partial charge in [0.1, 0.15) is 5.82 Å². The lowest BCUT2D eigenvalue weighted by molar-refractivity contribution is 0.568. The number of hydrogen-bond donors (Lipinski definition) is 0. The molecule has 0 amide bonds. The van der Waals surface area contributed by atoms with E-state index in [0.29, 0.717) is 5.92 Å². The largest absolute Gasteiger partial charge is 0.324 e. The van der Waals surface area contributed by atoms with E-state index in [4.69, 9.17) is 4.98 Å². The second kappa shape index (κ2) is 5.38. The predicted octanol–water partition coefficient (Wildman–Crippen LogP) is 4.52. The zero-order valence-electron chi connectivity index (χ0n) is 11.6. The Morgan fingerprint density at radius 3 is 2.56 bits per heavy atom. The summed E-state index contributed by atoms with van der Waals surface area (Å²) in [6.45, 7) is 11.5. The van der Waals surface area contributed by atoms with Crippen molar-refractivity contribution in [1.82, 2.24) is 9.55 Å². The minimum atomic E-state index is 0.539. The molecule has 0 bridgehead atoms. The van der Waals surface area contributed by atoms with E-state index in [0.717, 1.165) is 24.9 Å². The highest BCUT2D eigenvalue weighted by molar-refractivity contribution is 5.76. The molecule has 0 aliphatic heterocycles. The monoisotopic (exact) mass is 242 g/mol. The first kappa shape index (κ1) is 12.9. The highest BCUT2D eigenvalue weighted by Gasteiger charge is 2.17. The van der Waals surface area contributed by atoms with Crippen molar-refractivity contribution in [2.24, 2.45) is 0 Å². The maximum absolute atomic E-state index is 4.83. The fraction of sp³-hybridized carbons (Fsp3) is 0.438. The molecular weight excluding hydrogens is 220 g/mol. The molecule has 0 aliphatic rings. The average Bonchev–Trinajstić information content (AvgIpc) is 2.70. The smallest absolute Gasteiger partial charge is 0.113 e. The lowest BCUT2D eigenvalue weighted by Gasteiger charge is -2.15. The summed E-state index contributed by atoms with van der Waals surface area (Å²) in [7, 11) is 0. The van der Waals surface area contributed by atoms with Gasteiger partial charge in [0.05, 0.1) is 11.0 Å². The maximum atomic E-state index is 4.83. The number of allylic oxidation sites excluding steroid dienone is 1. The van der Waals surface area contributed by atoms with Gasteiger partial charge < -0.3 is 4.57 Å². The van der Waals surface area contributed by atoms with Crippen LogP contribution in [-0.2, 0) is 6.54 Å². The molecule has 96 valence electrons. The fourth-order valence-electron chi connectivity index (χ4n) is 2.50. The molecule has 0 fully saturated rings. The molecule has 2 nitrogen and oxygen atoms in total. The van der Waals surface area contributed by atoms with Gasteiger partial charge in [-0.2, -0.15) is 0 Å². The van der Waals surface area contributed by atoms with Crippen LogP contribution in [0, 0.1) is 0 Å². The van der Waals surface area contributed by atoms with E-state index < -0.39 is 0 Å². The van der Waals surface area contributed by atoms with Crippen molar-refractivity contribution >= 4 is 11.0 Å². The van der Waals surface area contributed by atoms with Crippen molar-refractivity contribution < 1.29 is 0 Å². The van der Waals surface area contributed by atoms with Crippen LogP contribution in [-0.4, -0.2) is 9.55 Å². The van der Waals surface area contributed by atoms with Crippen LogP contribution in [0.5, 0.6) is 0 Å². The first-order valence-electron chi connectivity index (χ1n) is 6.76. The van der Waals surface area contributed by atoms with Gasteiger partial charge in [-0.1, -0.05) is 38.1 Å². The van der Waals surface area contributed by atoms with Crippen LogP contribution in [0.3, 0.4) is 0 Å². The lowest BCUT2D eigenvalue weighted by atomic mass is 10.0. The van der Waals surface area contributed by atoms with Gasteiger partial charge in [-0.15, -0.1) is 0 Å². The van der Waals surface area contributed by atoms with Crippen molar-refractivity contribution in [3.8, 4) is 0 Å². The first-order valence-corrected chi connectivity index (χ1v) is 6.76. The molecule has 2 aromatic rings. The average molecular weight is 242 g/mol. The van der Waals surface area contributed by atoms with Gasteiger partial charge in [0.2, 0.25) is 0 Å². The fourth-order valence-corrected chi connectivity index (χ4v) is 2.50. The van der Waals surface area contributed by atoms with Crippen molar-refractivity contribution in [3.63, 3.8) is 0 Å². The van der Waals surface area contributed by atoms with E-state index in [2.05, 4.69) is 56.2 Å². The second-order valence-electron chi connectivity index (χ2n) is 5.02. The van der Waals surface area contributed by atoms with Gasteiger partial charge in [-0.3, -0.25) is 0 Å². The second-order valence-corrected chi connectivity index (χ2v) is 5.02. The topological polar surface area (TPSA) is 17.8 Å². The van der Waals surface area contributed by atoms with Crippen LogP contribution >= 0.6 is 0 Å². The molecule has 0 radical (unpaired) electrons. The minimum Gasteiger partial charge on any atom is -0.324 e. The summed E-state index contributed by atoms with van der Waals surface area (Å²) in [6.07, 6.45) is 2.27. The number of rotatable bonds is 5. The Balaban J connectivity index is 2.59. The van der Waals surface area contributed by atoms with Crippen molar-refractivity contribution in [1.29, 1.82) is 0 Å². The van der Waals surface area contributed by atoms with Gasteiger partial charge in [0, 0.05) is 12.5 Å². The van der Waals surface area contributed by atoms with Crippen LogP contribution in [0.15, 0.2) is 36.4 Å². The Kier molecular flexibility index (Phi) is 3.85. The Labute approximate surface area is 109 Å². The zero-order valence-corrected chi connectivity index (χ0v) is 11.6. The molecule has 0 spiro atoms. The van der Waals surface area contributed by atoms with Crippen molar-refractivity contribution in [2.45, 2.75) is 46.1 Å². The summed E-state index contributed by atoms with van der Waals surface area (Å²) in [6, 6.07) is 8.38. The van der Waals surface area contributed by atoms with Crippen LogP contribution in [0.25, 0.3) is 11.0 Å². The summed E-state index contributed by atoms with van der Waals surface area (Å²) < 4.78 is 2.33. The zero-order chi connectivity index (χ0) is 13.1. The minimum absolute atomic E-state index is 0.539. The van der Waals surface area contributed by atoms with E-state index in [-0.39, 0.29) is 0 Å². The molecule has 2 heteroatoms. The number of hydrogen-bond acceptors (Lipinski definition) is 1. The Morgan fingerprint density at radius 1 is 1.28 bits per heavy atom. The van der Waals surface area contributed by atoms with E-state index in [1.165, 1.54) is 16.9 Å². The third kappa shape index (κ3) is 2.33. The van der Waals surface area contributed by atoms with Gasteiger partial charge in [0.25, 0.3) is 0 Å². The van der Waals surface area contributed by atoms with Gasteiger partial charge >= 0.3 is 0 Å². The Bertz CT molecular complexity index is 547. The number of imidazole rings is 1. The summed E-state index contributed by atoms with van der Waals surface area (Å²) in [4.78, 5) is 4.83. The van der Waals surface area contributed by atoms with Crippen LogP contribution in [0.4, 0.5) is 0 Å². The van der Waals surface area contributed by atoms with E-state index in [1.54, 1.807) is 0 Å². The molecule has 2 rings (SSSR count). The first-order chi connectivity index (χ1) is 8.67. The van der Waals surface area contributed by atoms with Crippen LogP contribution in [0.2, 0.25) is 0 Å². The predicted molar refractivity (Wildman–Crippen MR) is 77.9 cm³/mol. The van der Waals surface area contributed by atoms with Crippen molar-refractivity contribution in [2.75, 3.05) is 0 Å². The quantitative estimate of drug-likeness (QED) is 0.705. The molecule has 0 unspecified atom stereocenters. The van der Waals surface area contributed by atoms with Gasteiger partial charge in [-0.05, 0) is 31.9 Å². The van der Waals surface area contributed by atoms with Gasteiger partial charge in [0.15, 0.2) is 0 Å². The van der Waals surface area contributed by atoms with E-state index in [9.17, 15) is 0 Å². The highest BCUT2D eigenvalue weighted by Crippen LogP contribution is 2.27. The standard InChI is InChI=1S/C16H22N2/c1-5-13(6-2)16-17-14-9-7-8-10-15(14)18(16)11-12(3)4/h7-10,13H,3,5-6,11H2,1-2,4H3. The number of fused-ring (bicyclic) bond motifs is 1. The van der Waals surface area contributed by atoms with Gasteiger partial charge in [-0.25, -0.2) is 4.98 Å². The highest BCUT2D eigenvalue weighted by atomic mass is 15.1. The normalized spacial score (nSPS) is 11.3. The number of para-hydroxylation sites is 2. The van der Waals surface area contributed by atoms with Crippen molar-refractivity contribution in [3.05, 3.63) is 42.2 Å². The van der Waals surface area contributed by atoms with E-state index >= 15 is 0 Å². The molecule has 1 heterocycles. The summed E-state index contributed by atoms with van der Waals surface area (Å²) >= 11 is 0. The molecule has 0 aliphatic carbocycles. The Morgan fingerprint density at radius 2 is 1.94 bits per heavy atom. The van der Waals surface area contributed by atoms with Crippen LogP contribution in [0.1, 0.15) is 45.4 Å². The molecule has 0 atom stereocenters. The molecule has 1 aromatic carbocycles. The van der Waals surface area contributed by atoms with Crippen LogP contribution < -0.4 is 0 Å². The maximum Gasteiger partial charge on any atom is 0.113 e.